The first-order valence-electron chi connectivity index (χ1n) is 8.81. The molecule has 3 unspecified atom stereocenters. The average Bonchev–Trinajstić information content (AvgIpc) is 2.52. The molecule has 0 radical (unpaired) electrons. The van der Waals surface area contributed by atoms with Crippen LogP contribution in [0.25, 0.3) is 0 Å². The normalized spacial score (nSPS) is 30.4. The van der Waals surface area contributed by atoms with Crippen LogP contribution < -0.4 is 11.5 Å². The average molecular weight is 298 g/mol. The molecule has 2 aliphatic rings. The van der Waals surface area contributed by atoms with Crippen LogP contribution >= 0.6 is 0 Å². The molecule has 0 aromatic heterocycles. The highest BCUT2D eigenvalue weighted by molar-refractivity contribution is 4.86. The van der Waals surface area contributed by atoms with Crippen LogP contribution in [0.2, 0.25) is 0 Å². The van der Waals surface area contributed by atoms with Crippen molar-refractivity contribution in [1.29, 1.82) is 0 Å². The van der Waals surface area contributed by atoms with Gasteiger partial charge in [0.15, 0.2) is 0 Å². The van der Waals surface area contributed by atoms with Crippen molar-refractivity contribution >= 4 is 0 Å². The summed E-state index contributed by atoms with van der Waals surface area (Å²) in [7, 11) is 0. The van der Waals surface area contributed by atoms with Crippen molar-refractivity contribution in [2.24, 2.45) is 11.5 Å². The summed E-state index contributed by atoms with van der Waals surface area (Å²) in [6.07, 6.45) is 7.68. The molecule has 1 saturated carbocycles. The lowest BCUT2D eigenvalue weighted by Crippen LogP contribution is -2.54. The molecule has 1 heterocycles. The van der Waals surface area contributed by atoms with Gasteiger partial charge in [-0.1, -0.05) is 12.8 Å². The van der Waals surface area contributed by atoms with Gasteiger partial charge in [-0.15, -0.1) is 0 Å². The monoisotopic (exact) mass is 298 g/mol. The highest BCUT2D eigenvalue weighted by Crippen LogP contribution is 2.24. The van der Waals surface area contributed by atoms with Crippen molar-refractivity contribution < 1.29 is 5.11 Å². The molecule has 1 aliphatic heterocycles. The molecule has 2 fully saturated rings. The third kappa shape index (κ3) is 5.49. The van der Waals surface area contributed by atoms with Gasteiger partial charge in [-0.3, -0.25) is 4.90 Å². The minimum absolute atomic E-state index is 0.102. The van der Waals surface area contributed by atoms with E-state index in [1.54, 1.807) is 0 Å². The van der Waals surface area contributed by atoms with E-state index >= 15 is 0 Å². The van der Waals surface area contributed by atoms with Gasteiger partial charge in [-0.05, 0) is 45.2 Å². The summed E-state index contributed by atoms with van der Waals surface area (Å²) >= 11 is 0. The van der Waals surface area contributed by atoms with Crippen LogP contribution in [-0.4, -0.2) is 72.4 Å². The number of aliphatic hydroxyl groups excluding tert-OH is 1. The SMILES string of the molecule is NCCCC(N)CCN1CCN(C2CCCCC2O)CC1. The van der Waals surface area contributed by atoms with Crippen LogP contribution in [-0.2, 0) is 0 Å². The Bertz CT molecular complexity index is 281. The molecule has 0 aromatic rings. The van der Waals surface area contributed by atoms with Gasteiger partial charge in [-0.2, -0.15) is 0 Å². The van der Waals surface area contributed by atoms with E-state index in [0.29, 0.717) is 12.1 Å². The van der Waals surface area contributed by atoms with Gasteiger partial charge in [0.1, 0.15) is 0 Å². The lowest BCUT2D eigenvalue weighted by Gasteiger charge is -2.42. The molecule has 0 amide bonds. The van der Waals surface area contributed by atoms with Gasteiger partial charge < -0.3 is 21.5 Å². The van der Waals surface area contributed by atoms with Crippen LogP contribution in [0.1, 0.15) is 44.9 Å². The highest BCUT2D eigenvalue weighted by atomic mass is 16.3. The Morgan fingerprint density at radius 3 is 2.43 bits per heavy atom. The Balaban J connectivity index is 1.63. The molecule has 3 atom stereocenters. The lowest BCUT2D eigenvalue weighted by atomic mass is 9.91. The molecule has 0 spiro atoms. The second-order valence-corrected chi connectivity index (χ2v) is 6.78. The van der Waals surface area contributed by atoms with Crippen LogP contribution in [0, 0.1) is 0 Å². The van der Waals surface area contributed by atoms with E-state index < -0.39 is 0 Å². The van der Waals surface area contributed by atoms with Gasteiger partial charge in [-0.25, -0.2) is 0 Å². The third-order valence-corrected chi connectivity index (χ3v) is 5.16. The predicted octanol–water partition coefficient (Wildman–Crippen LogP) is 0.364. The number of piperazine rings is 1. The van der Waals surface area contributed by atoms with Gasteiger partial charge in [0.25, 0.3) is 0 Å². The maximum Gasteiger partial charge on any atom is 0.0695 e. The number of aliphatic hydroxyl groups is 1. The Hall–Kier alpha value is -0.200. The van der Waals surface area contributed by atoms with E-state index in [0.717, 1.165) is 65.0 Å². The molecule has 5 nitrogen and oxygen atoms in total. The summed E-state index contributed by atoms with van der Waals surface area (Å²) in [5.41, 5.74) is 11.6. The number of nitrogens with two attached hydrogens (primary N) is 2. The number of rotatable bonds is 7. The van der Waals surface area contributed by atoms with E-state index in [1.165, 1.54) is 19.3 Å². The smallest absolute Gasteiger partial charge is 0.0695 e. The molecule has 21 heavy (non-hydrogen) atoms. The number of hydrogen-bond acceptors (Lipinski definition) is 5. The third-order valence-electron chi connectivity index (χ3n) is 5.16. The molecule has 5 N–H and O–H groups in total. The van der Waals surface area contributed by atoms with E-state index in [9.17, 15) is 5.11 Å². The summed E-state index contributed by atoms with van der Waals surface area (Å²) in [5, 5.41) is 10.2. The second kappa shape index (κ2) is 9.06. The van der Waals surface area contributed by atoms with E-state index in [4.69, 9.17) is 11.5 Å². The van der Waals surface area contributed by atoms with Crippen LogP contribution in [0.5, 0.6) is 0 Å². The van der Waals surface area contributed by atoms with Crippen molar-refractivity contribution in [1.82, 2.24) is 9.80 Å². The minimum atomic E-state index is -0.102. The largest absolute Gasteiger partial charge is 0.391 e. The summed E-state index contributed by atoms with van der Waals surface area (Å²) in [6, 6.07) is 0.708. The first-order chi connectivity index (χ1) is 10.2. The minimum Gasteiger partial charge on any atom is -0.391 e. The summed E-state index contributed by atoms with van der Waals surface area (Å²) in [6.45, 7) is 6.28. The molecule has 2 rings (SSSR count). The van der Waals surface area contributed by atoms with Gasteiger partial charge in [0.2, 0.25) is 0 Å². The maximum absolute atomic E-state index is 10.2. The quantitative estimate of drug-likeness (QED) is 0.633. The first-order valence-corrected chi connectivity index (χ1v) is 8.81. The summed E-state index contributed by atoms with van der Waals surface area (Å²) < 4.78 is 0. The second-order valence-electron chi connectivity index (χ2n) is 6.78. The van der Waals surface area contributed by atoms with Crippen molar-refractivity contribution in [3.63, 3.8) is 0 Å². The Labute approximate surface area is 129 Å². The zero-order chi connectivity index (χ0) is 15.1. The fourth-order valence-corrected chi connectivity index (χ4v) is 3.71. The van der Waals surface area contributed by atoms with Crippen molar-refractivity contribution in [2.75, 3.05) is 39.3 Å². The van der Waals surface area contributed by atoms with E-state index in [1.807, 2.05) is 0 Å². The first kappa shape index (κ1) is 17.2. The van der Waals surface area contributed by atoms with Crippen molar-refractivity contribution in [3.8, 4) is 0 Å². The molecule has 124 valence electrons. The fraction of sp³-hybridized carbons (Fsp3) is 1.00. The molecule has 1 saturated heterocycles. The molecule has 0 bridgehead atoms. The molecular formula is C16H34N4O. The molecule has 1 aliphatic carbocycles. The topological polar surface area (TPSA) is 78.8 Å². The van der Waals surface area contributed by atoms with Crippen LogP contribution in [0.3, 0.4) is 0 Å². The Morgan fingerprint density at radius 1 is 1.05 bits per heavy atom. The van der Waals surface area contributed by atoms with Crippen molar-refractivity contribution in [3.05, 3.63) is 0 Å². The summed E-state index contributed by atoms with van der Waals surface area (Å²) in [4.78, 5) is 5.03. The standard InChI is InChI=1S/C16H34N4O/c17-8-3-4-14(18)7-9-19-10-12-20(13-11-19)15-5-1-2-6-16(15)21/h14-16,21H,1-13,17-18H2. The lowest BCUT2D eigenvalue weighted by molar-refractivity contribution is -0.00382. The number of nitrogens with zero attached hydrogens (tertiary/aromatic N) is 2. The highest BCUT2D eigenvalue weighted by Gasteiger charge is 2.30. The van der Waals surface area contributed by atoms with Crippen molar-refractivity contribution in [2.45, 2.75) is 63.1 Å². The maximum atomic E-state index is 10.2. The zero-order valence-electron chi connectivity index (χ0n) is 13.4. The molecular weight excluding hydrogens is 264 g/mol. The molecule has 0 aromatic carbocycles. The fourth-order valence-electron chi connectivity index (χ4n) is 3.71. The predicted molar refractivity (Wildman–Crippen MR) is 87.2 cm³/mol. The number of hydrogen-bond donors (Lipinski definition) is 3. The molecule has 5 heteroatoms. The van der Waals surface area contributed by atoms with Gasteiger partial charge in [0, 0.05) is 38.3 Å². The van der Waals surface area contributed by atoms with Gasteiger partial charge in [0.05, 0.1) is 6.10 Å². The van der Waals surface area contributed by atoms with E-state index in [-0.39, 0.29) is 6.10 Å². The van der Waals surface area contributed by atoms with Crippen LogP contribution in [0.15, 0.2) is 0 Å². The Kier molecular flexibility index (Phi) is 7.40. The Morgan fingerprint density at radius 2 is 1.76 bits per heavy atom. The van der Waals surface area contributed by atoms with Gasteiger partial charge >= 0.3 is 0 Å². The van der Waals surface area contributed by atoms with E-state index in [2.05, 4.69) is 9.80 Å². The zero-order valence-corrected chi connectivity index (χ0v) is 13.4. The summed E-state index contributed by atoms with van der Waals surface area (Å²) in [5.74, 6) is 0. The van der Waals surface area contributed by atoms with Crippen LogP contribution in [0.4, 0.5) is 0 Å².